The molecule has 200 valence electrons. The molecular weight excluding hydrogens is 486 g/mol. The van der Waals surface area contributed by atoms with E-state index < -0.39 is 5.91 Å². The van der Waals surface area contributed by atoms with Crippen molar-refractivity contribution in [1.29, 1.82) is 0 Å². The lowest BCUT2D eigenvalue weighted by molar-refractivity contribution is -0.123. The van der Waals surface area contributed by atoms with Crippen LogP contribution in [0.3, 0.4) is 0 Å². The number of carbonyl (C=O) groups excluding carboxylic acids is 3. The van der Waals surface area contributed by atoms with Gasteiger partial charge in [-0.25, -0.2) is 0 Å². The van der Waals surface area contributed by atoms with Crippen LogP contribution in [-0.4, -0.2) is 30.6 Å². The zero-order valence-corrected chi connectivity index (χ0v) is 23.8. The minimum absolute atomic E-state index is 0.0340. The fourth-order valence-electron chi connectivity index (χ4n) is 5.77. The molecule has 6 heteroatoms. The van der Waals surface area contributed by atoms with Gasteiger partial charge in [0.15, 0.2) is 5.78 Å². The molecule has 3 aliphatic rings. The molecule has 0 heterocycles. The van der Waals surface area contributed by atoms with Crippen LogP contribution < -0.4 is 10.1 Å². The van der Waals surface area contributed by atoms with E-state index in [1.54, 1.807) is 0 Å². The van der Waals surface area contributed by atoms with Gasteiger partial charge in [-0.05, 0) is 72.8 Å². The van der Waals surface area contributed by atoms with E-state index >= 15 is 0 Å². The van der Waals surface area contributed by atoms with E-state index in [1.807, 2.05) is 0 Å². The number of fused-ring (bicyclic) bond motifs is 4. The lowest BCUT2D eigenvalue weighted by Crippen LogP contribution is -2.36. The molecule has 1 aromatic rings. The molecule has 1 aromatic carbocycles. The summed E-state index contributed by atoms with van der Waals surface area (Å²) in [4.78, 5) is 38.8. The minimum Gasteiger partial charge on any atom is -0.493 e. The molecule has 0 radical (unpaired) electrons. The first-order valence-corrected chi connectivity index (χ1v) is 14.1. The molecule has 1 fully saturated rings. The number of Topliss-reactive ketones (excluding diaryl/α,β-unsaturated/α-hetero) is 2. The summed E-state index contributed by atoms with van der Waals surface area (Å²) < 4.78 is 6.19. The van der Waals surface area contributed by atoms with E-state index in [-0.39, 0.29) is 44.8 Å². The molecule has 2 bridgehead atoms. The first-order chi connectivity index (χ1) is 17.4. The van der Waals surface area contributed by atoms with Crippen molar-refractivity contribution >= 4 is 29.1 Å². The van der Waals surface area contributed by atoms with Crippen LogP contribution >= 0.6 is 11.6 Å². The van der Waals surface area contributed by atoms with Crippen molar-refractivity contribution < 1.29 is 19.1 Å². The molecule has 0 aliphatic heterocycles. The Morgan fingerprint density at radius 2 is 1.62 bits per heavy atom. The SMILES string of the molecule is CCC(C)(C)c1ccc(OCCCNC(=O)C2=C(Cl)C(=O)C3=C(C2=O)C2CCC3C2)c(C(C)(C)CC)c1. The van der Waals surface area contributed by atoms with Gasteiger partial charge >= 0.3 is 0 Å². The molecule has 1 N–H and O–H groups in total. The quantitative estimate of drug-likeness (QED) is 0.220. The Morgan fingerprint density at radius 3 is 2.24 bits per heavy atom. The van der Waals surface area contributed by atoms with Gasteiger partial charge in [0.05, 0.1) is 6.61 Å². The molecule has 3 aliphatic carbocycles. The van der Waals surface area contributed by atoms with Crippen molar-refractivity contribution in [3.05, 3.63) is 51.1 Å². The van der Waals surface area contributed by atoms with Crippen LogP contribution in [0.1, 0.15) is 91.2 Å². The van der Waals surface area contributed by atoms with Gasteiger partial charge in [-0.1, -0.05) is 65.3 Å². The zero-order valence-electron chi connectivity index (χ0n) is 23.1. The molecule has 0 spiro atoms. The molecule has 5 nitrogen and oxygen atoms in total. The van der Waals surface area contributed by atoms with Gasteiger partial charge in [-0.15, -0.1) is 0 Å². The predicted molar refractivity (Wildman–Crippen MR) is 147 cm³/mol. The van der Waals surface area contributed by atoms with Crippen molar-refractivity contribution in [3.8, 4) is 5.75 Å². The summed E-state index contributed by atoms with van der Waals surface area (Å²) in [6, 6.07) is 6.49. The molecule has 4 rings (SSSR count). The first-order valence-electron chi connectivity index (χ1n) is 13.7. The fourth-order valence-corrected chi connectivity index (χ4v) is 6.05. The Labute approximate surface area is 226 Å². The molecular formula is C31H40ClNO4. The van der Waals surface area contributed by atoms with Crippen molar-refractivity contribution in [3.63, 3.8) is 0 Å². The minimum atomic E-state index is -0.573. The number of ether oxygens (including phenoxy) is 1. The average Bonchev–Trinajstić information content (AvgIpc) is 3.49. The van der Waals surface area contributed by atoms with Crippen LogP contribution in [0.15, 0.2) is 40.0 Å². The largest absolute Gasteiger partial charge is 0.493 e. The highest BCUT2D eigenvalue weighted by Crippen LogP contribution is 2.52. The van der Waals surface area contributed by atoms with E-state index in [9.17, 15) is 14.4 Å². The Kier molecular flexibility index (Phi) is 7.77. The van der Waals surface area contributed by atoms with Crippen LogP contribution in [0.2, 0.25) is 0 Å². The van der Waals surface area contributed by atoms with Gasteiger partial charge in [-0.2, -0.15) is 0 Å². The van der Waals surface area contributed by atoms with Gasteiger partial charge in [0.25, 0.3) is 5.91 Å². The number of carbonyl (C=O) groups is 3. The summed E-state index contributed by atoms with van der Waals surface area (Å²) in [6.45, 7) is 14.1. The lowest BCUT2D eigenvalue weighted by atomic mass is 9.76. The molecule has 0 aromatic heterocycles. The lowest BCUT2D eigenvalue weighted by Gasteiger charge is -2.30. The second-order valence-electron chi connectivity index (χ2n) is 12.0. The van der Waals surface area contributed by atoms with Crippen LogP contribution in [0, 0.1) is 11.8 Å². The second kappa shape index (κ2) is 10.4. The number of ketones is 2. The number of rotatable bonds is 10. The number of allylic oxidation sites excluding steroid dienone is 3. The summed E-state index contributed by atoms with van der Waals surface area (Å²) in [6.07, 6.45) is 5.24. The van der Waals surface area contributed by atoms with Crippen molar-refractivity contribution in [2.75, 3.05) is 13.2 Å². The standard InChI is InChI=1S/C31H40ClNO4/c1-7-30(3,4)20-12-13-22(21(17-20)31(5,6)8-2)37-15-9-14-33-29(36)25-26(32)28(35)24-19-11-10-18(16-19)23(24)27(25)34/h12-13,17-19H,7-11,14-16H2,1-6H3,(H,33,36). The molecule has 37 heavy (non-hydrogen) atoms. The van der Waals surface area contributed by atoms with E-state index in [1.165, 1.54) is 11.1 Å². The number of nitrogens with one attached hydrogen (secondary N) is 1. The average molecular weight is 526 g/mol. The third-order valence-electron chi connectivity index (χ3n) is 9.02. The Hall–Kier alpha value is -2.40. The Morgan fingerprint density at radius 1 is 1.00 bits per heavy atom. The molecule has 0 saturated heterocycles. The van der Waals surface area contributed by atoms with E-state index in [2.05, 4.69) is 65.1 Å². The summed E-state index contributed by atoms with van der Waals surface area (Å²) in [5.74, 6) is -0.190. The molecule has 2 atom stereocenters. The fraction of sp³-hybridized carbons (Fsp3) is 0.581. The van der Waals surface area contributed by atoms with Gasteiger partial charge in [0, 0.05) is 23.3 Å². The third-order valence-corrected chi connectivity index (χ3v) is 9.38. The van der Waals surface area contributed by atoms with Crippen LogP contribution in [-0.2, 0) is 25.2 Å². The van der Waals surface area contributed by atoms with Crippen molar-refractivity contribution in [2.45, 2.75) is 90.9 Å². The summed E-state index contributed by atoms with van der Waals surface area (Å²) >= 11 is 6.27. The third kappa shape index (κ3) is 5.04. The highest BCUT2D eigenvalue weighted by molar-refractivity contribution is 6.53. The molecule has 2 unspecified atom stereocenters. The van der Waals surface area contributed by atoms with Crippen molar-refractivity contribution in [1.82, 2.24) is 5.32 Å². The zero-order chi connectivity index (χ0) is 27.1. The van der Waals surface area contributed by atoms with Crippen molar-refractivity contribution in [2.24, 2.45) is 11.8 Å². The van der Waals surface area contributed by atoms with E-state index in [0.717, 1.165) is 37.9 Å². The van der Waals surface area contributed by atoms with E-state index in [4.69, 9.17) is 16.3 Å². The number of hydrogen-bond donors (Lipinski definition) is 1. The maximum atomic E-state index is 13.1. The van der Waals surface area contributed by atoms with Gasteiger partial charge in [0.1, 0.15) is 16.4 Å². The number of benzene rings is 1. The van der Waals surface area contributed by atoms with Crippen LogP contribution in [0.25, 0.3) is 0 Å². The Balaban J connectivity index is 1.37. The van der Waals surface area contributed by atoms with Crippen LogP contribution in [0.5, 0.6) is 5.75 Å². The van der Waals surface area contributed by atoms with Crippen LogP contribution in [0.4, 0.5) is 0 Å². The molecule has 1 amide bonds. The highest BCUT2D eigenvalue weighted by atomic mass is 35.5. The number of amides is 1. The number of halogens is 1. The number of hydrogen-bond acceptors (Lipinski definition) is 4. The molecule has 1 saturated carbocycles. The smallest absolute Gasteiger partial charge is 0.256 e. The Bertz CT molecular complexity index is 1190. The monoisotopic (exact) mass is 525 g/mol. The highest BCUT2D eigenvalue weighted by Gasteiger charge is 2.49. The maximum absolute atomic E-state index is 13.1. The van der Waals surface area contributed by atoms with Gasteiger partial charge in [0.2, 0.25) is 5.78 Å². The van der Waals surface area contributed by atoms with Gasteiger partial charge < -0.3 is 10.1 Å². The van der Waals surface area contributed by atoms with E-state index in [0.29, 0.717) is 30.7 Å². The van der Waals surface area contributed by atoms with Gasteiger partial charge in [-0.3, -0.25) is 14.4 Å². The second-order valence-corrected chi connectivity index (χ2v) is 12.4. The summed E-state index contributed by atoms with van der Waals surface area (Å²) in [5.41, 5.74) is 3.46. The normalized spacial score (nSPS) is 21.6. The summed E-state index contributed by atoms with van der Waals surface area (Å²) in [5, 5.41) is 2.55. The maximum Gasteiger partial charge on any atom is 0.256 e. The predicted octanol–water partition coefficient (Wildman–Crippen LogP) is 6.32. The summed E-state index contributed by atoms with van der Waals surface area (Å²) in [7, 11) is 0. The topological polar surface area (TPSA) is 72.5 Å². The first kappa shape index (κ1) is 27.6.